The van der Waals surface area contributed by atoms with E-state index in [2.05, 4.69) is 24.5 Å². The Bertz CT molecular complexity index is 472. The maximum Gasteiger partial charge on any atom is 0.313 e. The maximum absolute atomic E-state index is 11.7. The fourth-order valence-corrected chi connectivity index (χ4v) is 1.58. The molecule has 20 heavy (non-hydrogen) atoms. The second kappa shape index (κ2) is 7.65. The summed E-state index contributed by atoms with van der Waals surface area (Å²) >= 11 is 0. The van der Waals surface area contributed by atoms with E-state index in [0.717, 1.165) is 5.56 Å². The minimum atomic E-state index is -0.698. The first-order valence-corrected chi connectivity index (χ1v) is 6.74. The summed E-state index contributed by atoms with van der Waals surface area (Å²) in [6.45, 7) is 6.14. The highest BCUT2D eigenvalue weighted by molar-refractivity contribution is 6.39. The molecule has 0 saturated carbocycles. The van der Waals surface area contributed by atoms with Crippen LogP contribution in [0, 0.1) is 5.92 Å². The monoisotopic (exact) mass is 278 g/mol. The molecule has 0 aliphatic heterocycles. The van der Waals surface area contributed by atoms with Crippen molar-refractivity contribution < 1.29 is 14.7 Å². The van der Waals surface area contributed by atoms with E-state index >= 15 is 0 Å². The highest BCUT2D eigenvalue weighted by Gasteiger charge is 2.14. The summed E-state index contributed by atoms with van der Waals surface area (Å²) in [6.07, 6.45) is 0. The number of hydrogen-bond acceptors (Lipinski definition) is 3. The smallest absolute Gasteiger partial charge is 0.313 e. The molecule has 110 valence electrons. The van der Waals surface area contributed by atoms with Crippen molar-refractivity contribution in [3.05, 3.63) is 29.8 Å². The summed E-state index contributed by atoms with van der Waals surface area (Å²) < 4.78 is 0. The van der Waals surface area contributed by atoms with Crippen LogP contribution in [0.25, 0.3) is 0 Å². The van der Waals surface area contributed by atoms with Gasteiger partial charge in [-0.15, -0.1) is 0 Å². The summed E-state index contributed by atoms with van der Waals surface area (Å²) in [7, 11) is 0. The Hall–Kier alpha value is -1.88. The number of carbonyl (C=O) groups is 2. The van der Waals surface area contributed by atoms with Crippen LogP contribution in [0.1, 0.15) is 32.3 Å². The van der Waals surface area contributed by atoms with E-state index in [4.69, 9.17) is 5.11 Å². The number of carbonyl (C=O) groups excluding carboxylic acids is 2. The number of aliphatic hydroxyl groups is 1. The quantitative estimate of drug-likeness (QED) is 0.714. The fraction of sp³-hybridized carbons (Fsp3) is 0.467. The third-order valence-corrected chi connectivity index (χ3v) is 2.94. The number of aliphatic hydroxyl groups excluding tert-OH is 1. The molecule has 3 N–H and O–H groups in total. The van der Waals surface area contributed by atoms with Crippen LogP contribution in [0.15, 0.2) is 24.3 Å². The predicted octanol–water partition coefficient (Wildman–Crippen LogP) is 1.49. The van der Waals surface area contributed by atoms with Gasteiger partial charge in [-0.25, -0.2) is 0 Å². The lowest BCUT2D eigenvalue weighted by atomic mass is 10.0. The van der Waals surface area contributed by atoms with E-state index in [-0.39, 0.29) is 19.1 Å². The molecular formula is C15H22N2O3. The first-order chi connectivity index (χ1) is 9.43. The number of benzene rings is 1. The molecule has 1 aromatic rings. The third-order valence-electron chi connectivity index (χ3n) is 2.94. The van der Waals surface area contributed by atoms with Gasteiger partial charge in [0.2, 0.25) is 0 Å². The SMILES string of the molecule is CC(CO)CNC(=O)C(=O)Nc1cccc(C(C)C)c1. The highest BCUT2D eigenvalue weighted by Crippen LogP contribution is 2.18. The van der Waals surface area contributed by atoms with Gasteiger partial charge in [0, 0.05) is 18.8 Å². The van der Waals surface area contributed by atoms with Gasteiger partial charge in [-0.05, 0) is 29.5 Å². The molecule has 0 saturated heterocycles. The van der Waals surface area contributed by atoms with Gasteiger partial charge in [0.05, 0.1) is 0 Å². The van der Waals surface area contributed by atoms with Gasteiger partial charge in [-0.2, -0.15) is 0 Å². The molecule has 0 spiro atoms. The van der Waals surface area contributed by atoms with E-state index in [1.54, 1.807) is 13.0 Å². The van der Waals surface area contributed by atoms with Gasteiger partial charge >= 0.3 is 11.8 Å². The zero-order valence-electron chi connectivity index (χ0n) is 12.1. The van der Waals surface area contributed by atoms with Crippen molar-refractivity contribution in [2.24, 2.45) is 5.92 Å². The van der Waals surface area contributed by atoms with Crippen molar-refractivity contribution in [2.45, 2.75) is 26.7 Å². The van der Waals surface area contributed by atoms with Crippen LogP contribution in [0.5, 0.6) is 0 Å². The largest absolute Gasteiger partial charge is 0.396 e. The summed E-state index contributed by atoms with van der Waals surface area (Å²) in [6, 6.07) is 7.42. The van der Waals surface area contributed by atoms with Crippen LogP contribution < -0.4 is 10.6 Å². The molecule has 1 aromatic carbocycles. The molecule has 1 atom stereocenters. The van der Waals surface area contributed by atoms with Crippen LogP contribution in [0.2, 0.25) is 0 Å². The Labute approximate surface area is 119 Å². The number of amides is 2. The number of rotatable bonds is 5. The molecule has 0 bridgehead atoms. The van der Waals surface area contributed by atoms with E-state index in [9.17, 15) is 9.59 Å². The van der Waals surface area contributed by atoms with E-state index in [1.807, 2.05) is 18.2 Å². The van der Waals surface area contributed by atoms with Gasteiger partial charge < -0.3 is 15.7 Å². The summed E-state index contributed by atoms with van der Waals surface area (Å²) in [5, 5.41) is 13.9. The average Bonchev–Trinajstić information content (AvgIpc) is 2.44. The summed E-state index contributed by atoms with van der Waals surface area (Å²) in [5.74, 6) is -1.11. The Morgan fingerprint density at radius 2 is 1.90 bits per heavy atom. The molecule has 1 unspecified atom stereocenters. The Morgan fingerprint density at radius 1 is 1.20 bits per heavy atom. The lowest BCUT2D eigenvalue weighted by Crippen LogP contribution is -2.38. The molecule has 0 radical (unpaired) electrons. The zero-order chi connectivity index (χ0) is 15.1. The van der Waals surface area contributed by atoms with Crippen LogP contribution >= 0.6 is 0 Å². The van der Waals surface area contributed by atoms with Gasteiger partial charge in [0.1, 0.15) is 0 Å². The van der Waals surface area contributed by atoms with Crippen molar-refractivity contribution in [2.75, 3.05) is 18.5 Å². The van der Waals surface area contributed by atoms with Crippen molar-refractivity contribution in [1.29, 1.82) is 0 Å². The number of anilines is 1. The van der Waals surface area contributed by atoms with E-state index in [0.29, 0.717) is 11.6 Å². The lowest BCUT2D eigenvalue weighted by molar-refractivity contribution is -0.136. The van der Waals surface area contributed by atoms with Crippen LogP contribution in [-0.4, -0.2) is 30.1 Å². The molecule has 0 heterocycles. The average molecular weight is 278 g/mol. The second-order valence-corrected chi connectivity index (χ2v) is 5.23. The third kappa shape index (κ3) is 5.01. The highest BCUT2D eigenvalue weighted by atomic mass is 16.3. The number of nitrogens with one attached hydrogen (secondary N) is 2. The topological polar surface area (TPSA) is 78.4 Å². The predicted molar refractivity (Wildman–Crippen MR) is 78.4 cm³/mol. The first-order valence-electron chi connectivity index (χ1n) is 6.74. The molecular weight excluding hydrogens is 256 g/mol. The molecule has 0 aliphatic rings. The summed E-state index contributed by atoms with van der Waals surface area (Å²) in [4.78, 5) is 23.3. The number of hydrogen-bond donors (Lipinski definition) is 3. The van der Waals surface area contributed by atoms with Gasteiger partial charge in [0.25, 0.3) is 0 Å². The molecule has 0 aliphatic carbocycles. The zero-order valence-corrected chi connectivity index (χ0v) is 12.1. The van der Waals surface area contributed by atoms with Crippen molar-refractivity contribution in [1.82, 2.24) is 5.32 Å². The molecule has 5 heteroatoms. The van der Waals surface area contributed by atoms with Crippen LogP contribution in [0.4, 0.5) is 5.69 Å². The molecule has 1 rings (SSSR count). The Balaban J connectivity index is 2.57. The van der Waals surface area contributed by atoms with Crippen molar-refractivity contribution in [3.63, 3.8) is 0 Å². The lowest BCUT2D eigenvalue weighted by Gasteiger charge is -2.11. The molecule has 0 fully saturated rings. The molecule has 2 amide bonds. The minimum Gasteiger partial charge on any atom is -0.396 e. The minimum absolute atomic E-state index is 0.0294. The Morgan fingerprint density at radius 3 is 2.50 bits per heavy atom. The molecule has 5 nitrogen and oxygen atoms in total. The van der Waals surface area contributed by atoms with Gasteiger partial charge in [-0.3, -0.25) is 9.59 Å². The standard InChI is InChI=1S/C15H22N2O3/c1-10(2)12-5-4-6-13(7-12)17-15(20)14(19)16-8-11(3)9-18/h4-7,10-11,18H,8-9H2,1-3H3,(H,16,19)(H,17,20). The maximum atomic E-state index is 11.7. The van der Waals surface area contributed by atoms with E-state index in [1.165, 1.54) is 0 Å². The molecule has 0 aromatic heterocycles. The van der Waals surface area contributed by atoms with Crippen LogP contribution in [-0.2, 0) is 9.59 Å². The first kappa shape index (κ1) is 16.2. The Kier molecular flexibility index (Phi) is 6.18. The van der Waals surface area contributed by atoms with Gasteiger partial charge in [-0.1, -0.05) is 32.9 Å². The normalized spacial score (nSPS) is 12.1. The van der Waals surface area contributed by atoms with Gasteiger partial charge in [0.15, 0.2) is 0 Å². The second-order valence-electron chi connectivity index (χ2n) is 5.23. The van der Waals surface area contributed by atoms with Crippen molar-refractivity contribution >= 4 is 17.5 Å². The van der Waals surface area contributed by atoms with Crippen LogP contribution in [0.3, 0.4) is 0 Å². The van der Waals surface area contributed by atoms with E-state index < -0.39 is 11.8 Å². The summed E-state index contributed by atoms with van der Waals surface area (Å²) in [5.41, 5.74) is 1.70. The fourth-order valence-electron chi connectivity index (χ4n) is 1.58. The van der Waals surface area contributed by atoms with Crippen molar-refractivity contribution in [3.8, 4) is 0 Å².